The molecule has 0 aliphatic heterocycles. The number of methoxy groups -OCH3 is 1. The van der Waals surface area contributed by atoms with Gasteiger partial charge in [0.2, 0.25) is 0 Å². The van der Waals surface area contributed by atoms with Crippen LogP contribution in [0, 0.1) is 23.2 Å². The van der Waals surface area contributed by atoms with Crippen molar-refractivity contribution in [2.45, 2.75) is 84.3 Å². The Kier molecular flexibility index (Phi) is 5.38. The molecule has 3 N–H and O–H groups in total. The molecule has 0 aromatic rings. The lowest BCUT2D eigenvalue weighted by atomic mass is 9.63. The molecule has 3 atom stereocenters. The van der Waals surface area contributed by atoms with Gasteiger partial charge in [0.25, 0.3) is 0 Å². The number of hydrogen-bond donors (Lipinski definition) is 2. The van der Waals surface area contributed by atoms with Gasteiger partial charge in [0.05, 0.1) is 11.6 Å². The van der Waals surface area contributed by atoms with E-state index in [9.17, 15) is 0 Å². The highest BCUT2D eigenvalue weighted by molar-refractivity contribution is 5.01. The Balaban J connectivity index is 2.14. The van der Waals surface area contributed by atoms with Gasteiger partial charge < -0.3 is 4.74 Å². The first-order chi connectivity index (χ1) is 9.82. The van der Waals surface area contributed by atoms with E-state index in [1.54, 1.807) is 0 Å². The van der Waals surface area contributed by atoms with Gasteiger partial charge in [0.1, 0.15) is 0 Å². The molecule has 2 fully saturated rings. The molecule has 3 nitrogen and oxygen atoms in total. The van der Waals surface area contributed by atoms with Gasteiger partial charge in [-0.1, -0.05) is 27.7 Å². The molecule has 0 aromatic carbocycles. The van der Waals surface area contributed by atoms with E-state index in [-0.39, 0.29) is 5.60 Å². The molecule has 3 unspecified atom stereocenters. The zero-order valence-electron chi connectivity index (χ0n) is 14.7. The summed E-state index contributed by atoms with van der Waals surface area (Å²) in [6, 6.07) is 0.295. The molecule has 0 spiro atoms. The Morgan fingerprint density at radius 1 is 1.00 bits per heavy atom. The van der Waals surface area contributed by atoms with Crippen molar-refractivity contribution in [3.05, 3.63) is 0 Å². The van der Waals surface area contributed by atoms with Gasteiger partial charge in [-0.15, -0.1) is 0 Å². The summed E-state index contributed by atoms with van der Waals surface area (Å²) in [5.41, 5.74) is 3.57. The highest BCUT2D eigenvalue weighted by atomic mass is 16.5. The van der Waals surface area contributed by atoms with Crippen molar-refractivity contribution in [1.29, 1.82) is 0 Å². The molecule has 0 aromatic heterocycles. The lowest BCUT2D eigenvalue weighted by molar-refractivity contribution is -0.105. The normalized spacial score (nSPS) is 37.1. The van der Waals surface area contributed by atoms with Gasteiger partial charge in [-0.25, -0.2) is 0 Å². The minimum absolute atomic E-state index is 0.0638. The van der Waals surface area contributed by atoms with E-state index < -0.39 is 0 Å². The maximum atomic E-state index is 6.11. The van der Waals surface area contributed by atoms with Crippen LogP contribution < -0.4 is 11.3 Å². The maximum Gasteiger partial charge on any atom is 0.0847 e. The van der Waals surface area contributed by atoms with E-state index in [1.165, 1.54) is 32.1 Å². The number of nitrogens with one attached hydrogen (secondary N) is 1. The van der Waals surface area contributed by atoms with Crippen LogP contribution in [0.15, 0.2) is 0 Å². The second-order valence-electron chi connectivity index (χ2n) is 8.75. The van der Waals surface area contributed by atoms with Crippen LogP contribution in [0.25, 0.3) is 0 Å². The molecule has 2 rings (SSSR count). The highest BCUT2D eigenvalue weighted by Gasteiger charge is 2.47. The van der Waals surface area contributed by atoms with E-state index in [0.717, 1.165) is 24.7 Å². The fourth-order valence-electron chi connectivity index (χ4n) is 4.99. The minimum atomic E-state index is -0.0638. The second-order valence-corrected chi connectivity index (χ2v) is 8.75. The summed E-state index contributed by atoms with van der Waals surface area (Å²) in [5, 5.41) is 0. The van der Waals surface area contributed by atoms with Crippen LogP contribution >= 0.6 is 0 Å². The average molecular weight is 296 g/mol. The molecule has 2 aliphatic carbocycles. The third-order valence-electron chi connectivity index (χ3n) is 6.29. The van der Waals surface area contributed by atoms with E-state index >= 15 is 0 Å². The summed E-state index contributed by atoms with van der Waals surface area (Å²) in [6.07, 6.45) is 8.66. The zero-order valence-corrected chi connectivity index (χ0v) is 14.7. The monoisotopic (exact) mass is 296 g/mol. The first-order valence-corrected chi connectivity index (χ1v) is 8.83. The van der Waals surface area contributed by atoms with E-state index in [0.29, 0.717) is 17.4 Å². The average Bonchev–Trinajstić information content (AvgIpc) is 2.41. The van der Waals surface area contributed by atoms with Crippen molar-refractivity contribution in [2.75, 3.05) is 7.11 Å². The lowest BCUT2D eigenvalue weighted by Crippen LogP contribution is -2.60. The van der Waals surface area contributed by atoms with E-state index in [4.69, 9.17) is 10.6 Å². The highest BCUT2D eigenvalue weighted by Crippen LogP contribution is 2.47. The van der Waals surface area contributed by atoms with Gasteiger partial charge in [0, 0.05) is 7.11 Å². The Morgan fingerprint density at radius 3 is 1.95 bits per heavy atom. The number of rotatable bonds is 4. The predicted molar refractivity (Wildman–Crippen MR) is 88.8 cm³/mol. The molecule has 0 heterocycles. The molecular formula is C18H36N2O. The molecule has 0 radical (unpaired) electrons. The van der Waals surface area contributed by atoms with Crippen molar-refractivity contribution in [2.24, 2.45) is 29.0 Å². The van der Waals surface area contributed by atoms with Crippen LogP contribution in [0.2, 0.25) is 0 Å². The minimum Gasteiger partial charge on any atom is -0.377 e. The summed E-state index contributed by atoms with van der Waals surface area (Å²) >= 11 is 0. The lowest BCUT2D eigenvalue weighted by Gasteiger charge is -2.50. The van der Waals surface area contributed by atoms with Gasteiger partial charge in [-0.2, -0.15) is 0 Å². The Bertz CT molecular complexity index is 322. The van der Waals surface area contributed by atoms with Crippen molar-refractivity contribution >= 4 is 0 Å². The number of hydrazine groups is 1. The summed E-state index contributed by atoms with van der Waals surface area (Å²) in [5.74, 6) is 8.29. The van der Waals surface area contributed by atoms with Crippen LogP contribution in [0.5, 0.6) is 0 Å². The fourth-order valence-corrected chi connectivity index (χ4v) is 4.99. The van der Waals surface area contributed by atoms with Crippen LogP contribution in [0.3, 0.4) is 0 Å². The maximum absolute atomic E-state index is 6.11. The van der Waals surface area contributed by atoms with E-state index in [1.807, 2.05) is 7.11 Å². The van der Waals surface area contributed by atoms with Crippen LogP contribution in [-0.2, 0) is 4.74 Å². The molecule has 0 bridgehead atoms. The third kappa shape index (κ3) is 3.80. The van der Waals surface area contributed by atoms with Crippen molar-refractivity contribution in [3.8, 4) is 0 Å². The molecule has 0 saturated heterocycles. The molecular weight excluding hydrogens is 260 g/mol. The smallest absolute Gasteiger partial charge is 0.0847 e. The number of hydrogen-bond acceptors (Lipinski definition) is 3. The molecule has 2 saturated carbocycles. The summed E-state index contributed by atoms with van der Waals surface area (Å²) in [4.78, 5) is 0. The molecule has 3 heteroatoms. The predicted octanol–water partition coefficient (Wildman–Crippen LogP) is 3.88. The molecule has 0 amide bonds. The number of nitrogens with two attached hydrogens (primary N) is 1. The Morgan fingerprint density at radius 2 is 1.52 bits per heavy atom. The summed E-state index contributed by atoms with van der Waals surface area (Å²) < 4.78 is 6.11. The Hall–Kier alpha value is -0.120. The van der Waals surface area contributed by atoms with Crippen LogP contribution in [-0.4, -0.2) is 18.8 Å². The third-order valence-corrected chi connectivity index (χ3v) is 6.29. The zero-order chi connectivity index (χ0) is 15.7. The van der Waals surface area contributed by atoms with E-state index in [2.05, 4.69) is 33.1 Å². The van der Waals surface area contributed by atoms with Crippen LogP contribution in [0.1, 0.15) is 72.6 Å². The standard InChI is InChI=1S/C18H36N2O/c1-13-10-14(2)12-15(11-13)16(20-19)18(21-5)8-6-17(3,4)7-9-18/h13-16,20H,6-12,19H2,1-5H3. The van der Waals surface area contributed by atoms with Crippen molar-refractivity contribution in [1.82, 2.24) is 5.43 Å². The largest absolute Gasteiger partial charge is 0.377 e. The Labute approximate surface area is 131 Å². The SMILES string of the molecule is COC1(C(NN)C2CC(C)CC(C)C2)CCC(C)(C)CC1. The molecule has 2 aliphatic rings. The number of ether oxygens (including phenoxy) is 1. The topological polar surface area (TPSA) is 47.3 Å². The van der Waals surface area contributed by atoms with Crippen molar-refractivity contribution < 1.29 is 4.74 Å². The second kappa shape index (κ2) is 6.55. The first kappa shape index (κ1) is 17.2. The summed E-state index contributed by atoms with van der Waals surface area (Å²) in [6.45, 7) is 9.53. The van der Waals surface area contributed by atoms with Crippen molar-refractivity contribution in [3.63, 3.8) is 0 Å². The quantitative estimate of drug-likeness (QED) is 0.611. The molecule has 124 valence electrons. The fraction of sp³-hybridized carbons (Fsp3) is 1.00. The first-order valence-electron chi connectivity index (χ1n) is 8.83. The molecule has 21 heavy (non-hydrogen) atoms. The van der Waals surface area contributed by atoms with Gasteiger partial charge >= 0.3 is 0 Å². The van der Waals surface area contributed by atoms with Crippen LogP contribution in [0.4, 0.5) is 0 Å². The van der Waals surface area contributed by atoms with Gasteiger partial charge in [0.15, 0.2) is 0 Å². The van der Waals surface area contributed by atoms with Gasteiger partial charge in [-0.05, 0) is 68.1 Å². The summed E-state index contributed by atoms with van der Waals surface area (Å²) in [7, 11) is 1.89. The van der Waals surface area contributed by atoms with Gasteiger partial charge in [-0.3, -0.25) is 11.3 Å².